The molecule has 1 rings (SSSR count). The van der Waals surface area contributed by atoms with Crippen molar-refractivity contribution in [2.24, 2.45) is 0 Å². The molecule has 4 heteroatoms. The van der Waals surface area contributed by atoms with Gasteiger partial charge in [0.15, 0.2) is 10.9 Å². The quantitative estimate of drug-likeness (QED) is 0.688. The second kappa shape index (κ2) is 2.54. The van der Waals surface area contributed by atoms with Gasteiger partial charge in [-0.25, -0.2) is 0 Å². The minimum absolute atomic E-state index is 0.143. The number of hydrogen-bond acceptors (Lipinski definition) is 3. The van der Waals surface area contributed by atoms with E-state index in [1.807, 2.05) is 6.92 Å². The second-order valence-corrected chi connectivity index (χ2v) is 2.81. The third kappa shape index (κ3) is 1.17. The number of nitrogens with zero attached hydrogens (tertiary/aromatic N) is 1. The van der Waals surface area contributed by atoms with Gasteiger partial charge in [0.1, 0.15) is 0 Å². The summed E-state index contributed by atoms with van der Waals surface area (Å²) in [7, 11) is 0. The zero-order valence-electron chi connectivity index (χ0n) is 4.89. The maximum atomic E-state index is 9.05. The summed E-state index contributed by atoms with van der Waals surface area (Å²) in [6, 6.07) is 0. The van der Waals surface area contributed by atoms with Gasteiger partial charge in [-0.15, -0.1) is 0 Å². The first kappa shape index (κ1) is 6.83. The molecule has 0 radical (unpaired) electrons. The summed E-state index contributed by atoms with van der Waals surface area (Å²) in [6.07, 6.45) is 0.788. The molecule has 0 fully saturated rings. The summed E-state index contributed by atoms with van der Waals surface area (Å²) in [5.41, 5.74) is 0. The van der Waals surface area contributed by atoms with Crippen LogP contribution >= 0.6 is 23.1 Å². The highest BCUT2D eigenvalue weighted by Crippen LogP contribution is 2.29. The Hall–Kier alpha value is -0.280. The standard InChI is InChI=1S/C5H6ClNOS/c1-2-3-4(8)5(6)7-9-3/h8H,2H2,1H3. The van der Waals surface area contributed by atoms with Crippen molar-refractivity contribution in [3.63, 3.8) is 0 Å². The van der Waals surface area contributed by atoms with Crippen LogP contribution in [0.5, 0.6) is 5.75 Å². The van der Waals surface area contributed by atoms with Crippen LogP contribution in [0, 0.1) is 0 Å². The highest BCUT2D eigenvalue weighted by molar-refractivity contribution is 7.06. The summed E-state index contributed by atoms with van der Waals surface area (Å²) in [5.74, 6) is 0.143. The average molecular weight is 164 g/mol. The third-order valence-corrected chi connectivity index (χ3v) is 2.36. The molecule has 0 aliphatic heterocycles. The Morgan fingerprint density at radius 1 is 1.78 bits per heavy atom. The van der Waals surface area contributed by atoms with Gasteiger partial charge in [-0.1, -0.05) is 18.5 Å². The van der Waals surface area contributed by atoms with Gasteiger partial charge >= 0.3 is 0 Å². The topological polar surface area (TPSA) is 33.1 Å². The van der Waals surface area contributed by atoms with Crippen LogP contribution in [-0.2, 0) is 6.42 Å². The second-order valence-electron chi connectivity index (χ2n) is 1.60. The Morgan fingerprint density at radius 3 is 2.67 bits per heavy atom. The number of rotatable bonds is 1. The highest BCUT2D eigenvalue weighted by Gasteiger charge is 2.06. The fourth-order valence-electron chi connectivity index (χ4n) is 0.529. The monoisotopic (exact) mass is 163 g/mol. The van der Waals surface area contributed by atoms with Gasteiger partial charge < -0.3 is 5.11 Å². The maximum absolute atomic E-state index is 9.05. The fraction of sp³-hybridized carbons (Fsp3) is 0.400. The number of aryl methyl sites for hydroxylation is 1. The third-order valence-electron chi connectivity index (χ3n) is 1.02. The van der Waals surface area contributed by atoms with E-state index in [1.165, 1.54) is 11.5 Å². The average Bonchev–Trinajstić information content (AvgIpc) is 2.15. The van der Waals surface area contributed by atoms with Crippen molar-refractivity contribution in [3.05, 3.63) is 10.0 Å². The van der Waals surface area contributed by atoms with Crippen molar-refractivity contribution >= 4 is 23.1 Å². The highest BCUT2D eigenvalue weighted by atomic mass is 35.5. The predicted octanol–water partition coefficient (Wildman–Crippen LogP) is 2.06. The Bertz CT molecular complexity index is 211. The van der Waals surface area contributed by atoms with Gasteiger partial charge in [0.25, 0.3) is 0 Å². The van der Waals surface area contributed by atoms with Crippen LogP contribution < -0.4 is 0 Å². The Kier molecular flexibility index (Phi) is 1.93. The molecule has 0 bridgehead atoms. The smallest absolute Gasteiger partial charge is 0.184 e. The summed E-state index contributed by atoms with van der Waals surface area (Å²) >= 11 is 6.70. The minimum atomic E-state index is 0.143. The SMILES string of the molecule is CCc1snc(Cl)c1O. The van der Waals surface area contributed by atoms with Crippen LogP contribution in [0.1, 0.15) is 11.8 Å². The van der Waals surface area contributed by atoms with Crippen LogP contribution in [0.3, 0.4) is 0 Å². The molecule has 2 nitrogen and oxygen atoms in total. The van der Waals surface area contributed by atoms with Gasteiger partial charge in [-0.2, -0.15) is 4.37 Å². The fourth-order valence-corrected chi connectivity index (χ4v) is 1.39. The van der Waals surface area contributed by atoms with Crippen LogP contribution in [0.15, 0.2) is 0 Å². The van der Waals surface area contributed by atoms with Crippen molar-refractivity contribution in [3.8, 4) is 5.75 Å². The van der Waals surface area contributed by atoms with Crippen LogP contribution in [0.4, 0.5) is 0 Å². The molecule has 1 aromatic rings. The molecule has 0 aromatic carbocycles. The van der Waals surface area contributed by atoms with Gasteiger partial charge in [-0.3, -0.25) is 0 Å². The van der Waals surface area contributed by atoms with Gasteiger partial charge in [-0.05, 0) is 18.0 Å². The van der Waals surface area contributed by atoms with Crippen molar-refractivity contribution in [1.82, 2.24) is 4.37 Å². The zero-order chi connectivity index (χ0) is 6.85. The van der Waals surface area contributed by atoms with Crippen molar-refractivity contribution in [2.45, 2.75) is 13.3 Å². The number of hydrogen-bond donors (Lipinski definition) is 1. The first-order chi connectivity index (χ1) is 4.25. The van der Waals surface area contributed by atoms with Crippen LogP contribution in [0.2, 0.25) is 5.15 Å². The molecule has 0 saturated carbocycles. The molecule has 1 aromatic heterocycles. The maximum Gasteiger partial charge on any atom is 0.184 e. The van der Waals surface area contributed by atoms with E-state index in [2.05, 4.69) is 4.37 Å². The molecule has 0 spiro atoms. The van der Waals surface area contributed by atoms with E-state index in [4.69, 9.17) is 16.7 Å². The Morgan fingerprint density at radius 2 is 2.44 bits per heavy atom. The van der Waals surface area contributed by atoms with E-state index in [0.29, 0.717) is 0 Å². The van der Waals surface area contributed by atoms with Gasteiger partial charge in [0, 0.05) is 0 Å². The Balaban J connectivity index is 3.04. The molecule has 0 atom stereocenters. The molecule has 0 aliphatic rings. The lowest BCUT2D eigenvalue weighted by Gasteiger charge is -1.86. The first-order valence-electron chi connectivity index (χ1n) is 2.58. The molecule has 0 amide bonds. The normalized spacial score (nSPS) is 10.0. The summed E-state index contributed by atoms with van der Waals surface area (Å²) in [4.78, 5) is 0.847. The van der Waals surface area contributed by atoms with E-state index in [9.17, 15) is 0 Å². The molecule has 9 heavy (non-hydrogen) atoms. The summed E-state index contributed by atoms with van der Waals surface area (Å²) in [6.45, 7) is 1.95. The molecule has 0 unspecified atom stereocenters. The zero-order valence-corrected chi connectivity index (χ0v) is 6.46. The van der Waals surface area contributed by atoms with Crippen LogP contribution in [-0.4, -0.2) is 9.48 Å². The number of aromatic nitrogens is 1. The number of halogens is 1. The van der Waals surface area contributed by atoms with E-state index >= 15 is 0 Å². The lowest BCUT2D eigenvalue weighted by Crippen LogP contribution is -1.69. The lowest BCUT2D eigenvalue weighted by atomic mass is 10.4. The van der Waals surface area contributed by atoms with Gasteiger partial charge in [0.2, 0.25) is 0 Å². The lowest BCUT2D eigenvalue weighted by molar-refractivity contribution is 0.471. The Labute approximate surface area is 62.3 Å². The van der Waals surface area contributed by atoms with E-state index in [0.717, 1.165) is 11.3 Å². The van der Waals surface area contributed by atoms with E-state index in [1.54, 1.807) is 0 Å². The van der Waals surface area contributed by atoms with E-state index in [-0.39, 0.29) is 10.9 Å². The molecule has 50 valence electrons. The summed E-state index contributed by atoms with van der Waals surface area (Å²) in [5, 5.41) is 9.27. The molecule has 1 N–H and O–H groups in total. The molecular weight excluding hydrogens is 158 g/mol. The molecule has 1 heterocycles. The molecule has 0 saturated heterocycles. The van der Waals surface area contributed by atoms with E-state index < -0.39 is 0 Å². The van der Waals surface area contributed by atoms with Gasteiger partial charge in [0.05, 0.1) is 4.88 Å². The molecular formula is C5H6ClNOS. The van der Waals surface area contributed by atoms with Crippen molar-refractivity contribution in [2.75, 3.05) is 0 Å². The predicted molar refractivity (Wildman–Crippen MR) is 38.2 cm³/mol. The van der Waals surface area contributed by atoms with Crippen molar-refractivity contribution in [1.29, 1.82) is 0 Å². The summed E-state index contributed by atoms with van der Waals surface area (Å²) < 4.78 is 3.74. The first-order valence-corrected chi connectivity index (χ1v) is 3.73. The number of aromatic hydroxyl groups is 1. The van der Waals surface area contributed by atoms with Crippen LogP contribution in [0.25, 0.3) is 0 Å². The van der Waals surface area contributed by atoms with Crippen molar-refractivity contribution < 1.29 is 5.11 Å². The largest absolute Gasteiger partial charge is 0.504 e. The minimum Gasteiger partial charge on any atom is -0.504 e. The molecule has 0 aliphatic carbocycles.